The Bertz CT molecular complexity index is 611. The average molecular weight is 258 g/mol. The summed E-state index contributed by atoms with van der Waals surface area (Å²) in [6.07, 6.45) is 1.38. The van der Waals surface area contributed by atoms with Crippen LogP contribution in [0.3, 0.4) is 0 Å². The third-order valence-electron chi connectivity index (χ3n) is 2.81. The lowest BCUT2D eigenvalue weighted by Gasteiger charge is -2.09. The van der Waals surface area contributed by atoms with Gasteiger partial charge in [0.1, 0.15) is 12.8 Å². The molecule has 0 spiro atoms. The molecule has 0 bridgehead atoms. The number of benzene rings is 1. The van der Waals surface area contributed by atoms with Crippen molar-refractivity contribution in [3.63, 3.8) is 0 Å². The SMILES string of the molecule is Cc1ccc(COc2cccnc2[N+](=O)[O-])c(C)c1. The Kier molecular flexibility index (Phi) is 3.75. The minimum atomic E-state index is -0.544. The summed E-state index contributed by atoms with van der Waals surface area (Å²) in [5, 5.41) is 10.8. The highest BCUT2D eigenvalue weighted by Gasteiger charge is 2.15. The van der Waals surface area contributed by atoms with Crippen molar-refractivity contribution in [1.82, 2.24) is 4.98 Å². The molecule has 0 radical (unpaired) electrons. The molecule has 2 rings (SSSR count). The van der Waals surface area contributed by atoms with Crippen molar-refractivity contribution in [2.75, 3.05) is 0 Å². The van der Waals surface area contributed by atoms with Crippen LogP contribution in [0.5, 0.6) is 5.75 Å². The van der Waals surface area contributed by atoms with Gasteiger partial charge in [-0.25, -0.2) is 0 Å². The molecule has 19 heavy (non-hydrogen) atoms. The number of pyridine rings is 1. The first-order valence-corrected chi connectivity index (χ1v) is 5.86. The molecular formula is C14H14N2O3. The molecule has 0 atom stereocenters. The lowest BCUT2D eigenvalue weighted by atomic mass is 10.1. The lowest BCUT2D eigenvalue weighted by Crippen LogP contribution is -2.02. The van der Waals surface area contributed by atoms with Crippen molar-refractivity contribution in [2.45, 2.75) is 20.5 Å². The van der Waals surface area contributed by atoms with E-state index in [4.69, 9.17) is 4.74 Å². The fourth-order valence-corrected chi connectivity index (χ4v) is 1.80. The van der Waals surface area contributed by atoms with Gasteiger partial charge in [-0.05, 0) is 47.0 Å². The van der Waals surface area contributed by atoms with E-state index in [9.17, 15) is 10.1 Å². The van der Waals surface area contributed by atoms with Gasteiger partial charge < -0.3 is 14.9 Å². The van der Waals surface area contributed by atoms with E-state index in [-0.39, 0.29) is 11.6 Å². The third kappa shape index (κ3) is 3.07. The molecular weight excluding hydrogens is 244 g/mol. The monoisotopic (exact) mass is 258 g/mol. The summed E-state index contributed by atoms with van der Waals surface area (Å²) in [6.45, 7) is 4.30. The zero-order valence-electron chi connectivity index (χ0n) is 10.8. The highest BCUT2D eigenvalue weighted by atomic mass is 16.6. The van der Waals surface area contributed by atoms with Crippen LogP contribution in [0, 0.1) is 24.0 Å². The first kappa shape index (κ1) is 13.0. The van der Waals surface area contributed by atoms with Gasteiger partial charge in [-0.15, -0.1) is 0 Å². The van der Waals surface area contributed by atoms with Gasteiger partial charge in [-0.1, -0.05) is 23.8 Å². The molecule has 0 N–H and O–H groups in total. The zero-order chi connectivity index (χ0) is 13.8. The minimum absolute atomic E-state index is 0.187. The highest BCUT2D eigenvalue weighted by Crippen LogP contribution is 2.24. The Labute approximate surface area is 111 Å². The summed E-state index contributed by atoms with van der Waals surface area (Å²) in [5.41, 5.74) is 3.28. The lowest BCUT2D eigenvalue weighted by molar-refractivity contribution is -0.390. The second-order valence-electron chi connectivity index (χ2n) is 4.30. The summed E-state index contributed by atoms with van der Waals surface area (Å²) >= 11 is 0. The Balaban J connectivity index is 2.17. The summed E-state index contributed by atoms with van der Waals surface area (Å²) in [4.78, 5) is 14.0. The van der Waals surface area contributed by atoms with Gasteiger partial charge in [-0.3, -0.25) is 0 Å². The molecule has 1 heterocycles. The summed E-state index contributed by atoms with van der Waals surface area (Å²) in [7, 11) is 0. The summed E-state index contributed by atoms with van der Waals surface area (Å²) in [6, 6.07) is 9.17. The van der Waals surface area contributed by atoms with Crippen LogP contribution in [-0.2, 0) is 6.61 Å². The van der Waals surface area contributed by atoms with Gasteiger partial charge in [0.15, 0.2) is 0 Å². The van der Waals surface area contributed by atoms with Crippen molar-refractivity contribution in [2.24, 2.45) is 0 Å². The Hall–Kier alpha value is -2.43. The van der Waals surface area contributed by atoms with Crippen LogP contribution in [0.25, 0.3) is 0 Å². The van der Waals surface area contributed by atoms with E-state index in [2.05, 4.69) is 11.1 Å². The summed E-state index contributed by atoms with van der Waals surface area (Å²) in [5.74, 6) is -0.0697. The standard InChI is InChI=1S/C14H14N2O3/c1-10-5-6-12(11(2)8-10)9-19-13-4-3-7-15-14(13)16(17)18/h3-8H,9H2,1-2H3. The predicted octanol–water partition coefficient (Wildman–Crippen LogP) is 3.19. The van der Waals surface area contributed by atoms with Crippen molar-refractivity contribution >= 4 is 5.82 Å². The fraction of sp³-hybridized carbons (Fsp3) is 0.214. The molecule has 2 aromatic rings. The average Bonchev–Trinajstić information content (AvgIpc) is 2.38. The van der Waals surface area contributed by atoms with Gasteiger partial charge in [0.2, 0.25) is 5.75 Å². The fourth-order valence-electron chi connectivity index (χ4n) is 1.80. The van der Waals surface area contributed by atoms with Gasteiger partial charge in [0.05, 0.1) is 0 Å². The number of ether oxygens (including phenoxy) is 1. The van der Waals surface area contributed by atoms with Crippen LogP contribution >= 0.6 is 0 Å². The second kappa shape index (κ2) is 5.48. The molecule has 0 fully saturated rings. The number of nitro groups is 1. The summed E-state index contributed by atoms with van der Waals surface area (Å²) < 4.78 is 5.50. The highest BCUT2D eigenvalue weighted by molar-refractivity contribution is 5.39. The predicted molar refractivity (Wildman–Crippen MR) is 71.1 cm³/mol. The molecule has 0 saturated heterocycles. The van der Waals surface area contributed by atoms with Gasteiger partial charge in [-0.2, -0.15) is 0 Å². The Morgan fingerprint density at radius 2 is 2.11 bits per heavy atom. The second-order valence-corrected chi connectivity index (χ2v) is 4.30. The van der Waals surface area contributed by atoms with Crippen LogP contribution in [0.1, 0.15) is 16.7 Å². The number of hydrogen-bond acceptors (Lipinski definition) is 4. The Morgan fingerprint density at radius 3 is 2.79 bits per heavy atom. The van der Waals surface area contributed by atoms with Gasteiger partial charge in [0, 0.05) is 0 Å². The smallest absolute Gasteiger partial charge is 0.406 e. The van der Waals surface area contributed by atoms with Crippen LogP contribution < -0.4 is 4.74 Å². The minimum Gasteiger partial charge on any atom is -0.481 e. The van der Waals surface area contributed by atoms with E-state index in [1.807, 2.05) is 26.0 Å². The molecule has 0 aliphatic rings. The third-order valence-corrected chi connectivity index (χ3v) is 2.81. The number of hydrogen-bond donors (Lipinski definition) is 0. The normalized spacial score (nSPS) is 10.2. The van der Waals surface area contributed by atoms with E-state index >= 15 is 0 Å². The molecule has 0 aliphatic heterocycles. The molecule has 0 aliphatic carbocycles. The molecule has 5 heteroatoms. The van der Waals surface area contributed by atoms with Crippen molar-refractivity contribution in [1.29, 1.82) is 0 Å². The molecule has 0 unspecified atom stereocenters. The molecule has 5 nitrogen and oxygen atoms in total. The van der Waals surface area contributed by atoms with Gasteiger partial charge >= 0.3 is 5.82 Å². The number of nitrogens with zero attached hydrogens (tertiary/aromatic N) is 2. The van der Waals surface area contributed by atoms with Crippen molar-refractivity contribution in [3.05, 3.63) is 63.3 Å². The molecule has 98 valence electrons. The molecule has 1 aromatic carbocycles. The van der Waals surface area contributed by atoms with Crippen molar-refractivity contribution in [3.8, 4) is 5.75 Å². The topological polar surface area (TPSA) is 65.3 Å². The van der Waals surface area contributed by atoms with Crippen LogP contribution in [0.4, 0.5) is 5.82 Å². The maximum absolute atomic E-state index is 10.8. The van der Waals surface area contributed by atoms with Crippen molar-refractivity contribution < 1.29 is 9.66 Å². The van der Waals surface area contributed by atoms with Crippen LogP contribution in [-0.4, -0.2) is 9.91 Å². The Morgan fingerprint density at radius 1 is 1.32 bits per heavy atom. The van der Waals surface area contributed by atoms with E-state index < -0.39 is 4.92 Å². The quantitative estimate of drug-likeness (QED) is 0.624. The van der Waals surface area contributed by atoms with E-state index in [0.29, 0.717) is 6.61 Å². The number of rotatable bonds is 4. The molecule has 1 aromatic heterocycles. The van der Waals surface area contributed by atoms with Crippen LogP contribution in [0.15, 0.2) is 36.5 Å². The van der Waals surface area contributed by atoms with Crippen LogP contribution in [0.2, 0.25) is 0 Å². The maximum Gasteiger partial charge on any atom is 0.406 e. The number of aryl methyl sites for hydroxylation is 2. The van der Waals surface area contributed by atoms with E-state index in [1.165, 1.54) is 11.8 Å². The molecule has 0 amide bonds. The van der Waals surface area contributed by atoms with E-state index in [1.54, 1.807) is 12.1 Å². The van der Waals surface area contributed by atoms with E-state index in [0.717, 1.165) is 11.1 Å². The number of aromatic nitrogens is 1. The maximum atomic E-state index is 10.8. The van der Waals surface area contributed by atoms with Gasteiger partial charge in [0.25, 0.3) is 0 Å². The zero-order valence-corrected chi connectivity index (χ0v) is 10.8. The molecule has 0 saturated carbocycles. The largest absolute Gasteiger partial charge is 0.481 e. The first-order chi connectivity index (χ1) is 9.08. The first-order valence-electron chi connectivity index (χ1n) is 5.86.